The molecule has 4 rings (SSSR count). The summed E-state index contributed by atoms with van der Waals surface area (Å²) in [7, 11) is 0. The summed E-state index contributed by atoms with van der Waals surface area (Å²) >= 11 is 0. The van der Waals surface area contributed by atoms with Crippen molar-refractivity contribution in [3.05, 3.63) is 54.6 Å². The number of hydrogen-bond acceptors (Lipinski definition) is 4. The standard InChI is InChI=1S/C19H18F2N4/c20-18-9-14(10-19(21)25-18)13-7-12-1-4-23-11-16(12)17(8-13)24-15-2-5-22-6-3-15/h1,4,7-11,15,22,24H,2-3,5-6H2. The van der Waals surface area contributed by atoms with Gasteiger partial charge in [-0.15, -0.1) is 0 Å². The molecule has 2 N–H and O–H groups in total. The highest BCUT2D eigenvalue weighted by Crippen LogP contribution is 2.32. The van der Waals surface area contributed by atoms with Crippen molar-refractivity contribution in [2.45, 2.75) is 18.9 Å². The largest absolute Gasteiger partial charge is 0.382 e. The predicted octanol–water partition coefficient (Wildman–Crippen LogP) is 3.74. The van der Waals surface area contributed by atoms with Crippen molar-refractivity contribution < 1.29 is 8.78 Å². The molecule has 1 fully saturated rings. The van der Waals surface area contributed by atoms with Gasteiger partial charge in [-0.2, -0.15) is 13.8 Å². The van der Waals surface area contributed by atoms with Gasteiger partial charge < -0.3 is 10.6 Å². The second-order valence-electron chi connectivity index (χ2n) is 6.29. The lowest BCUT2D eigenvalue weighted by Crippen LogP contribution is -2.35. The molecule has 3 heterocycles. The van der Waals surface area contributed by atoms with Gasteiger partial charge in [0.05, 0.1) is 0 Å². The Balaban J connectivity index is 1.80. The molecular weight excluding hydrogens is 322 g/mol. The number of hydrogen-bond donors (Lipinski definition) is 2. The fourth-order valence-electron chi connectivity index (χ4n) is 3.30. The zero-order chi connectivity index (χ0) is 17.2. The average Bonchev–Trinajstić information content (AvgIpc) is 2.62. The second-order valence-corrected chi connectivity index (χ2v) is 6.29. The van der Waals surface area contributed by atoms with Gasteiger partial charge >= 0.3 is 0 Å². The van der Waals surface area contributed by atoms with Crippen LogP contribution in [-0.2, 0) is 0 Å². The third kappa shape index (κ3) is 3.44. The lowest BCUT2D eigenvalue weighted by molar-refractivity contribution is 0.479. The van der Waals surface area contributed by atoms with Gasteiger partial charge in [0.1, 0.15) is 0 Å². The predicted molar refractivity (Wildman–Crippen MR) is 94.4 cm³/mol. The van der Waals surface area contributed by atoms with Gasteiger partial charge in [-0.3, -0.25) is 4.98 Å². The van der Waals surface area contributed by atoms with Crippen molar-refractivity contribution in [3.8, 4) is 11.1 Å². The molecule has 1 aromatic carbocycles. The molecule has 3 aromatic rings. The molecule has 0 saturated carbocycles. The van der Waals surface area contributed by atoms with Crippen LogP contribution in [-0.4, -0.2) is 29.1 Å². The summed E-state index contributed by atoms with van der Waals surface area (Å²) in [5.74, 6) is -1.64. The van der Waals surface area contributed by atoms with Crippen molar-refractivity contribution >= 4 is 16.5 Å². The molecule has 25 heavy (non-hydrogen) atoms. The van der Waals surface area contributed by atoms with Crippen molar-refractivity contribution in [2.75, 3.05) is 18.4 Å². The molecule has 2 aromatic heterocycles. The number of aromatic nitrogens is 2. The lowest BCUT2D eigenvalue weighted by atomic mass is 10.00. The van der Waals surface area contributed by atoms with Crippen LogP contribution in [0.25, 0.3) is 21.9 Å². The van der Waals surface area contributed by atoms with Crippen LogP contribution in [0.15, 0.2) is 42.7 Å². The Morgan fingerprint density at radius 3 is 2.48 bits per heavy atom. The van der Waals surface area contributed by atoms with Gasteiger partial charge in [-0.05, 0) is 60.6 Å². The molecule has 0 amide bonds. The fraction of sp³-hybridized carbons (Fsp3) is 0.263. The Morgan fingerprint density at radius 2 is 1.72 bits per heavy atom. The van der Waals surface area contributed by atoms with E-state index in [4.69, 9.17) is 0 Å². The number of piperidine rings is 1. The summed E-state index contributed by atoms with van der Waals surface area (Å²) in [6.45, 7) is 1.96. The Morgan fingerprint density at radius 1 is 1.00 bits per heavy atom. The van der Waals surface area contributed by atoms with Gasteiger partial charge in [0.15, 0.2) is 0 Å². The van der Waals surface area contributed by atoms with E-state index in [0.717, 1.165) is 48.0 Å². The number of nitrogens with zero attached hydrogens (tertiary/aromatic N) is 2. The number of benzene rings is 1. The van der Waals surface area contributed by atoms with Crippen molar-refractivity contribution in [3.63, 3.8) is 0 Å². The second kappa shape index (κ2) is 6.72. The maximum absolute atomic E-state index is 13.5. The van der Waals surface area contributed by atoms with Crippen molar-refractivity contribution in [1.29, 1.82) is 0 Å². The summed E-state index contributed by atoms with van der Waals surface area (Å²) in [6.07, 6.45) is 5.60. The molecule has 1 saturated heterocycles. The maximum Gasteiger partial charge on any atom is 0.216 e. The first-order valence-electron chi connectivity index (χ1n) is 8.37. The molecule has 0 bridgehead atoms. The molecule has 128 valence electrons. The third-order valence-corrected chi connectivity index (χ3v) is 4.55. The summed E-state index contributed by atoms with van der Waals surface area (Å²) in [5, 5.41) is 8.90. The quantitative estimate of drug-likeness (QED) is 0.713. The van der Waals surface area contributed by atoms with Crippen molar-refractivity contribution in [2.24, 2.45) is 0 Å². The van der Waals surface area contributed by atoms with Crippen LogP contribution >= 0.6 is 0 Å². The minimum Gasteiger partial charge on any atom is -0.382 e. The summed E-state index contributed by atoms with van der Waals surface area (Å²) in [5.41, 5.74) is 2.15. The Labute approximate surface area is 144 Å². The molecule has 1 aliphatic heterocycles. The van der Waals surface area contributed by atoms with Crippen LogP contribution in [0, 0.1) is 11.9 Å². The van der Waals surface area contributed by atoms with E-state index in [9.17, 15) is 8.78 Å². The highest BCUT2D eigenvalue weighted by molar-refractivity contribution is 5.97. The van der Waals surface area contributed by atoms with Crippen LogP contribution in [0.4, 0.5) is 14.5 Å². The normalized spacial score (nSPS) is 15.4. The Hall–Kier alpha value is -2.60. The van der Waals surface area contributed by atoms with Crippen LogP contribution in [0.3, 0.4) is 0 Å². The first-order valence-corrected chi connectivity index (χ1v) is 8.37. The summed E-state index contributed by atoms with van der Waals surface area (Å²) in [6, 6.07) is 8.62. The van der Waals surface area contributed by atoms with Crippen LogP contribution in [0.2, 0.25) is 0 Å². The highest BCUT2D eigenvalue weighted by atomic mass is 19.1. The molecule has 0 atom stereocenters. The summed E-state index contributed by atoms with van der Waals surface area (Å²) in [4.78, 5) is 7.39. The van der Waals surface area contributed by atoms with E-state index in [2.05, 4.69) is 20.6 Å². The maximum atomic E-state index is 13.5. The topological polar surface area (TPSA) is 49.8 Å². The first kappa shape index (κ1) is 15.9. The number of rotatable bonds is 3. The highest BCUT2D eigenvalue weighted by Gasteiger charge is 2.15. The monoisotopic (exact) mass is 340 g/mol. The molecule has 0 unspecified atom stereocenters. The van der Waals surface area contributed by atoms with Crippen LogP contribution in [0.5, 0.6) is 0 Å². The van der Waals surface area contributed by atoms with E-state index in [0.29, 0.717) is 11.6 Å². The molecule has 0 radical (unpaired) electrons. The number of fused-ring (bicyclic) bond motifs is 1. The minimum atomic E-state index is -0.822. The van der Waals surface area contributed by atoms with Crippen molar-refractivity contribution in [1.82, 2.24) is 15.3 Å². The molecule has 1 aliphatic rings. The van der Waals surface area contributed by atoms with E-state index < -0.39 is 11.9 Å². The van der Waals surface area contributed by atoms with Gasteiger partial charge in [0.25, 0.3) is 0 Å². The zero-order valence-corrected chi connectivity index (χ0v) is 13.6. The van der Waals surface area contributed by atoms with Gasteiger partial charge in [-0.1, -0.05) is 0 Å². The van der Waals surface area contributed by atoms with Crippen LogP contribution < -0.4 is 10.6 Å². The Bertz CT molecular complexity index is 887. The third-order valence-electron chi connectivity index (χ3n) is 4.55. The number of halogens is 2. The SMILES string of the molecule is Fc1cc(-c2cc(NC3CCNCC3)c3cnccc3c2)cc(F)n1. The average molecular weight is 340 g/mol. The zero-order valence-electron chi connectivity index (χ0n) is 13.6. The van der Waals surface area contributed by atoms with E-state index >= 15 is 0 Å². The van der Waals surface area contributed by atoms with E-state index in [1.165, 1.54) is 12.1 Å². The van der Waals surface area contributed by atoms with E-state index in [1.54, 1.807) is 6.20 Å². The molecule has 6 heteroatoms. The first-order chi connectivity index (χ1) is 12.2. The number of anilines is 1. The van der Waals surface area contributed by atoms with E-state index in [1.807, 2.05) is 24.4 Å². The summed E-state index contributed by atoms with van der Waals surface area (Å²) < 4.78 is 27.0. The fourth-order valence-corrected chi connectivity index (χ4v) is 3.30. The number of nitrogens with one attached hydrogen (secondary N) is 2. The molecule has 0 spiro atoms. The van der Waals surface area contributed by atoms with E-state index in [-0.39, 0.29) is 0 Å². The lowest BCUT2D eigenvalue weighted by Gasteiger charge is -2.25. The molecule has 4 nitrogen and oxygen atoms in total. The smallest absolute Gasteiger partial charge is 0.216 e. The number of pyridine rings is 2. The van der Waals surface area contributed by atoms with Gasteiger partial charge in [0, 0.05) is 41.6 Å². The van der Waals surface area contributed by atoms with Gasteiger partial charge in [0.2, 0.25) is 11.9 Å². The molecular formula is C19H18F2N4. The van der Waals surface area contributed by atoms with Gasteiger partial charge in [-0.25, -0.2) is 0 Å². The van der Waals surface area contributed by atoms with Crippen LogP contribution in [0.1, 0.15) is 12.8 Å². The molecule has 0 aliphatic carbocycles. The minimum absolute atomic E-state index is 0.366. The Kier molecular flexibility index (Phi) is 4.28.